The SMILES string of the molecule is CC(C)(C)c1ccc(N(c2ccc(C(C)(C)C)cc2)c2cc(N3c4ccc(C(C)(C)C)cc4B4c5cc(C(C)(C)C)ccc5N(c5ccc(C(C)(C)C)cc5)c5cc(C(C)(C)C)cc3c54)c3c(c2)sc2ccccc23)cc1. The molecule has 0 saturated carbocycles. The van der Waals surface area contributed by atoms with Crippen LogP contribution in [0.5, 0.6) is 0 Å². The summed E-state index contributed by atoms with van der Waals surface area (Å²) < 4.78 is 2.55. The second-order valence-corrected chi connectivity index (χ2v) is 29.6. The maximum Gasteiger partial charge on any atom is 0.252 e. The van der Waals surface area contributed by atoms with E-state index in [1.54, 1.807) is 0 Å². The van der Waals surface area contributed by atoms with Crippen LogP contribution in [0, 0.1) is 0 Å². The average Bonchev–Trinajstić information content (AvgIpc) is 3.74. The van der Waals surface area contributed by atoms with Gasteiger partial charge in [0, 0.05) is 65.7 Å². The van der Waals surface area contributed by atoms with Gasteiger partial charge in [0.25, 0.3) is 6.71 Å². The Balaban J connectivity index is 1.27. The van der Waals surface area contributed by atoms with Crippen molar-refractivity contribution >= 4 is 106 Å². The van der Waals surface area contributed by atoms with E-state index in [9.17, 15) is 0 Å². The number of hydrogen-bond acceptors (Lipinski definition) is 4. The minimum absolute atomic E-state index is 0.0221. The van der Waals surface area contributed by atoms with Crippen LogP contribution in [-0.2, 0) is 32.5 Å². The van der Waals surface area contributed by atoms with Crippen LogP contribution in [0.3, 0.4) is 0 Å². The van der Waals surface area contributed by atoms with Crippen LogP contribution in [0.4, 0.5) is 51.2 Å². The number of hydrogen-bond donors (Lipinski definition) is 0. The first-order valence-electron chi connectivity index (χ1n) is 28.1. The van der Waals surface area contributed by atoms with E-state index in [1.165, 1.54) is 104 Å². The maximum absolute atomic E-state index is 2.69. The first kappa shape index (κ1) is 52.5. The van der Waals surface area contributed by atoms with Crippen molar-refractivity contribution in [2.45, 2.75) is 157 Å². The van der Waals surface area contributed by atoms with Gasteiger partial charge in [-0.3, -0.25) is 0 Å². The van der Waals surface area contributed by atoms with E-state index < -0.39 is 0 Å². The summed E-state index contributed by atoms with van der Waals surface area (Å²) in [5, 5.41) is 2.56. The molecule has 0 saturated heterocycles. The monoisotopic (exact) mass is 1030 g/mol. The molecule has 5 heteroatoms. The maximum atomic E-state index is 2.69. The third-order valence-electron chi connectivity index (χ3n) is 16.6. The van der Waals surface area contributed by atoms with Crippen LogP contribution in [0.2, 0.25) is 0 Å². The van der Waals surface area contributed by atoms with Gasteiger partial charge in [-0.2, -0.15) is 0 Å². The molecule has 3 nitrogen and oxygen atoms in total. The van der Waals surface area contributed by atoms with Crippen molar-refractivity contribution in [1.29, 1.82) is 0 Å². The van der Waals surface area contributed by atoms with Crippen molar-refractivity contribution in [2.75, 3.05) is 14.7 Å². The minimum atomic E-state index is -0.164. The van der Waals surface area contributed by atoms with E-state index in [1.807, 2.05) is 11.3 Å². The summed E-state index contributed by atoms with van der Waals surface area (Å²) in [6.07, 6.45) is 0. The van der Waals surface area contributed by atoms with Crippen LogP contribution in [0.15, 0.2) is 158 Å². The topological polar surface area (TPSA) is 9.72 Å². The van der Waals surface area contributed by atoms with E-state index in [0.29, 0.717) is 0 Å². The van der Waals surface area contributed by atoms with Gasteiger partial charge in [-0.1, -0.05) is 203 Å². The second-order valence-electron chi connectivity index (χ2n) is 28.5. The van der Waals surface area contributed by atoms with Gasteiger partial charge in [-0.25, -0.2) is 0 Å². The molecule has 2 aliphatic rings. The molecule has 77 heavy (non-hydrogen) atoms. The van der Waals surface area contributed by atoms with Crippen molar-refractivity contribution in [2.24, 2.45) is 0 Å². The predicted molar refractivity (Wildman–Crippen MR) is 340 cm³/mol. The molecule has 11 rings (SSSR count). The van der Waals surface area contributed by atoms with Crippen LogP contribution in [-0.4, -0.2) is 6.71 Å². The Morgan fingerprint density at radius 1 is 0.338 bits per heavy atom. The van der Waals surface area contributed by atoms with Crippen molar-refractivity contribution in [1.82, 2.24) is 0 Å². The Hall–Kier alpha value is -6.56. The molecule has 9 aromatic rings. The lowest BCUT2D eigenvalue weighted by atomic mass is 9.33. The molecule has 0 unspecified atom stereocenters. The fourth-order valence-electron chi connectivity index (χ4n) is 11.8. The fourth-order valence-corrected chi connectivity index (χ4v) is 13.0. The van der Waals surface area contributed by atoms with E-state index in [-0.39, 0.29) is 39.2 Å². The molecule has 0 radical (unpaired) electrons. The van der Waals surface area contributed by atoms with E-state index >= 15 is 0 Å². The normalized spacial score (nSPS) is 14.0. The molecule has 0 N–H and O–H groups in total. The number of thiophene rings is 1. The molecule has 8 aromatic carbocycles. The highest BCUT2D eigenvalue weighted by Gasteiger charge is 2.45. The summed E-state index contributed by atoms with van der Waals surface area (Å²) >= 11 is 1.90. The van der Waals surface area contributed by atoms with Gasteiger partial charge in [-0.15, -0.1) is 11.3 Å². The highest BCUT2D eigenvalue weighted by Crippen LogP contribution is 2.53. The van der Waals surface area contributed by atoms with Crippen LogP contribution < -0.4 is 31.1 Å². The van der Waals surface area contributed by atoms with Crippen LogP contribution in [0.1, 0.15) is 158 Å². The van der Waals surface area contributed by atoms with Gasteiger partial charge >= 0.3 is 0 Å². The Morgan fingerprint density at radius 3 is 1.22 bits per heavy atom. The number of benzene rings is 8. The molecule has 1 aromatic heterocycles. The van der Waals surface area contributed by atoms with Gasteiger partial charge in [-0.05, 0) is 161 Å². The molecule has 0 aliphatic carbocycles. The van der Waals surface area contributed by atoms with Crippen LogP contribution in [0.25, 0.3) is 20.2 Å². The Labute approximate surface area is 466 Å². The molecular weight excluding hydrogens is 950 g/mol. The lowest BCUT2D eigenvalue weighted by Gasteiger charge is -2.46. The summed E-state index contributed by atoms with van der Waals surface area (Å²) in [7, 11) is 0. The first-order chi connectivity index (χ1) is 36.0. The minimum Gasteiger partial charge on any atom is -0.311 e. The lowest BCUT2D eigenvalue weighted by molar-refractivity contribution is 0.589. The lowest BCUT2D eigenvalue weighted by Crippen LogP contribution is -2.61. The van der Waals surface area contributed by atoms with E-state index in [2.05, 4.69) is 297 Å². The fraction of sp³-hybridized carbons (Fsp3) is 0.333. The van der Waals surface area contributed by atoms with E-state index in [0.717, 1.165) is 17.1 Å². The Bertz CT molecular complexity index is 3680. The zero-order valence-corrected chi connectivity index (χ0v) is 50.2. The molecule has 0 amide bonds. The molecule has 0 spiro atoms. The van der Waals surface area contributed by atoms with Crippen molar-refractivity contribution in [3.8, 4) is 0 Å². The van der Waals surface area contributed by atoms with Gasteiger partial charge < -0.3 is 14.7 Å². The number of rotatable bonds is 5. The van der Waals surface area contributed by atoms with Crippen molar-refractivity contribution in [3.05, 3.63) is 191 Å². The summed E-state index contributed by atoms with van der Waals surface area (Å²) in [6.45, 7) is 42.0. The Morgan fingerprint density at radius 2 is 0.753 bits per heavy atom. The summed E-state index contributed by atoms with van der Waals surface area (Å²) in [5.74, 6) is 0. The summed E-state index contributed by atoms with van der Waals surface area (Å²) in [6, 6.07) is 62.1. The summed E-state index contributed by atoms with van der Waals surface area (Å²) in [4.78, 5) is 7.79. The van der Waals surface area contributed by atoms with Gasteiger partial charge in [0.15, 0.2) is 0 Å². The standard InChI is InChI=1S/C72H80BN3S/c1-67(2,3)45-23-31-51(32-24-45)74(52-33-25-46(26-34-52)68(4,5)6)54-43-60(65-55-21-19-20-22-63(55)77-64(65)44-54)76-59-38-30-49(71(13,14)15)40-57(59)73-56-39-48(70(10,11)12)29-37-58(56)75(53-35-27-47(28-36-53)69(7,8)9)61-41-50(72(16,17)18)42-62(76)66(61)73/h19-44H,1-18H3. The zero-order valence-electron chi connectivity index (χ0n) is 49.3. The Kier molecular flexibility index (Phi) is 12.3. The molecule has 3 heterocycles. The number of anilines is 9. The molecule has 2 aliphatic heterocycles. The van der Waals surface area contributed by atoms with Crippen molar-refractivity contribution in [3.63, 3.8) is 0 Å². The zero-order chi connectivity index (χ0) is 55.1. The molecule has 0 atom stereocenters. The first-order valence-corrected chi connectivity index (χ1v) is 28.9. The highest BCUT2D eigenvalue weighted by atomic mass is 32.1. The van der Waals surface area contributed by atoms with E-state index in [4.69, 9.17) is 0 Å². The van der Waals surface area contributed by atoms with Gasteiger partial charge in [0.05, 0.1) is 5.69 Å². The predicted octanol–water partition coefficient (Wildman–Crippen LogP) is 19.4. The van der Waals surface area contributed by atoms with Gasteiger partial charge in [0.2, 0.25) is 0 Å². The van der Waals surface area contributed by atoms with Crippen LogP contribution >= 0.6 is 11.3 Å². The third-order valence-corrected chi connectivity index (χ3v) is 17.7. The highest BCUT2D eigenvalue weighted by molar-refractivity contribution is 7.26. The third kappa shape index (κ3) is 9.29. The smallest absolute Gasteiger partial charge is 0.252 e. The van der Waals surface area contributed by atoms with Crippen molar-refractivity contribution < 1.29 is 0 Å². The van der Waals surface area contributed by atoms with Gasteiger partial charge in [0.1, 0.15) is 0 Å². The average molecular weight is 1030 g/mol. The second kappa shape index (κ2) is 18.0. The number of fused-ring (bicyclic) bond motifs is 7. The summed E-state index contributed by atoms with van der Waals surface area (Å²) in [5.41, 5.74) is 22.5. The quantitative estimate of drug-likeness (QED) is 0.159. The molecule has 392 valence electrons. The molecule has 0 fully saturated rings. The molecule has 0 bridgehead atoms. The molecular formula is C72H80BN3S. The largest absolute Gasteiger partial charge is 0.311 e. The number of nitrogens with zero attached hydrogens (tertiary/aromatic N) is 3.